The first-order valence-electron chi connectivity index (χ1n) is 3.89. The van der Waals surface area contributed by atoms with Crippen LogP contribution in [0.3, 0.4) is 0 Å². The zero-order valence-electron chi connectivity index (χ0n) is 7.29. The number of aryl methyl sites for hydroxylation is 1. The monoisotopic (exact) mass is 199 g/mol. The molecule has 0 aliphatic rings. The fourth-order valence-corrected chi connectivity index (χ4v) is 0.998. The Balaban J connectivity index is 2.46. The summed E-state index contributed by atoms with van der Waals surface area (Å²) in [4.78, 5) is 14.8. The van der Waals surface area contributed by atoms with E-state index in [4.69, 9.17) is 11.6 Å². The van der Waals surface area contributed by atoms with Gasteiger partial charge in [0.05, 0.1) is 18.6 Å². The predicted molar refractivity (Wildman–Crippen MR) is 49.6 cm³/mol. The van der Waals surface area contributed by atoms with Crippen molar-refractivity contribution in [3.05, 3.63) is 29.0 Å². The number of halogens is 1. The van der Waals surface area contributed by atoms with Gasteiger partial charge in [0, 0.05) is 18.3 Å². The number of pyridine rings is 1. The molecule has 0 amide bonds. The van der Waals surface area contributed by atoms with Gasteiger partial charge in [0.15, 0.2) is 0 Å². The molecule has 0 bridgehead atoms. The first kappa shape index (κ1) is 9.99. The average Bonchev–Trinajstić information content (AvgIpc) is 2.16. The van der Waals surface area contributed by atoms with Crippen LogP contribution in [0.5, 0.6) is 0 Å². The van der Waals surface area contributed by atoms with Gasteiger partial charge in [-0.25, -0.2) is 0 Å². The van der Waals surface area contributed by atoms with Gasteiger partial charge in [-0.3, -0.25) is 9.78 Å². The molecule has 70 valence electrons. The van der Waals surface area contributed by atoms with Crippen molar-refractivity contribution >= 4 is 17.6 Å². The highest BCUT2D eigenvalue weighted by atomic mass is 35.5. The normalized spacial score (nSPS) is 9.69. The van der Waals surface area contributed by atoms with Crippen LogP contribution in [0.25, 0.3) is 0 Å². The molecule has 0 unspecified atom stereocenters. The maximum atomic E-state index is 10.8. The van der Waals surface area contributed by atoms with E-state index in [0.717, 1.165) is 5.69 Å². The second-order valence-electron chi connectivity index (χ2n) is 2.54. The molecule has 4 heteroatoms. The van der Waals surface area contributed by atoms with E-state index < -0.39 is 0 Å². The lowest BCUT2D eigenvalue weighted by Crippen LogP contribution is -2.02. The number of methoxy groups -OCH3 is 1. The SMILES string of the molecule is COC(=O)CCc1ccc(Cl)cn1. The number of carbonyl (C=O) groups is 1. The van der Waals surface area contributed by atoms with Crippen molar-refractivity contribution in [3.63, 3.8) is 0 Å². The van der Waals surface area contributed by atoms with Crippen LogP contribution >= 0.6 is 11.6 Å². The van der Waals surface area contributed by atoms with E-state index in [9.17, 15) is 4.79 Å². The zero-order chi connectivity index (χ0) is 9.68. The molecule has 13 heavy (non-hydrogen) atoms. The van der Waals surface area contributed by atoms with Gasteiger partial charge in [-0.2, -0.15) is 0 Å². The summed E-state index contributed by atoms with van der Waals surface area (Å²) in [6.45, 7) is 0. The van der Waals surface area contributed by atoms with Gasteiger partial charge in [-0.15, -0.1) is 0 Å². The Morgan fingerprint density at radius 2 is 2.38 bits per heavy atom. The molecule has 0 spiro atoms. The lowest BCUT2D eigenvalue weighted by atomic mass is 10.2. The van der Waals surface area contributed by atoms with Gasteiger partial charge >= 0.3 is 5.97 Å². The van der Waals surface area contributed by atoms with E-state index in [1.165, 1.54) is 7.11 Å². The van der Waals surface area contributed by atoms with E-state index >= 15 is 0 Å². The Bertz CT molecular complexity index is 284. The molecule has 0 atom stereocenters. The molecule has 0 saturated carbocycles. The maximum absolute atomic E-state index is 10.8. The Labute approximate surface area is 81.7 Å². The molecule has 1 heterocycles. The van der Waals surface area contributed by atoms with Crippen molar-refractivity contribution in [1.82, 2.24) is 4.98 Å². The molecular weight excluding hydrogens is 190 g/mol. The van der Waals surface area contributed by atoms with Crippen LogP contribution < -0.4 is 0 Å². The van der Waals surface area contributed by atoms with E-state index in [2.05, 4.69) is 9.72 Å². The fraction of sp³-hybridized carbons (Fsp3) is 0.333. The summed E-state index contributed by atoms with van der Waals surface area (Å²) in [6.07, 6.45) is 2.50. The standard InChI is InChI=1S/C9H10ClNO2/c1-13-9(12)5-4-8-3-2-7(10)6-11-8/h2-3,6H,4-5H2,1H3. The third kappa shape index (κ3) is 3.42. The van der Waals surface area contributed by atoms with E-state index in [1.807, 2.05) is 0 Å². The minimum Gasteiger partial charge on any atom is -0.469 e. The van der Waals surface area contributed by atoms with Crippen molar-refractivity contribution in [2.45, 2.75) is 12.8 Å². The molecule has 0 saturated heterocycles. The number of esters is 1. The predicted octanol–water partition coefficient (Wildman–Crippen LogP) is 1.84. The molecule has 0 N–H and O–H groups in total. The first-order chi connectivity index (χ1) is 6.22. The molecule has 0 radical (unpaired) electrons. The number of rotatable bonds is 3. The zero-order valence-corrected chi connectivity index (χ0v) is 8.04. The summed E-state index contributed by atoms with van der Waals surface area (Å²) in [5.41, 5.74) is 0.842. The molecule has 1 aromatic heterocycles. The van der Waals surface area contributed by atoms with Gasteiger partial charge in [-0.05, 0) is 12.1 Å². The second-order valence-corrected chi connectivity index (χ2v) is 2.98. The molecule has 0 fully saturated rings. The number of ether oxygens (including phenoxy) is 1. The Kier molecular flexibility index (Phi) is 3.71. The van der Waals surface area contributed by atoms with Crippen LogP contribution in [0, 0.1) is 0 Å². The Morgan fingerprint density at radius 3 is 2.92 bits per heavy atom. The average molecular weight is 200 g/mol. The van der Waals surface area contributed by atoms with E-state index in [1.54, 1.807) is 18.3 Å². The number of hydrogen-bond acceptors (Lipinski definition) is 3. The number of nitrogens with zero attached hydrogens (tertiary/aromatic N) is 1. The van der Waals surface area contributed by atoms with E-state index in [-0.39, 0.29) is 5.97 Å². The van der Waals surface area contributed by atoms with Crippen molar-refractivity contribution in [2.75, 3.05) is 7.11 Å². The lowest BCUT2D eigenvalue weighted by Gasteiger charge is -1.99. The highest BCUT2D eigenvalue weighted by Gasteiger charge is 2.01. The highest BCUT2D eigenvalue weighted by Crippen LogP contribution is 2.07. The van der Waals surface area contributed by atoms with Crippen LogP contribution in [0.15, 0.2) is 18.3 Å². The number of aromatic nitrogens is 1. The van der Waals surface area contributed by atoms with Crippen molar-refractivity contribution in [3.8, 4) is 0 Å². The Hall–Kier alpha value is -1.09. The van der Waals surface area contributed by atoms with Crippen LogP contribution in [-0.4, -0.2) is 18.1 Å². The van der Waals surface area contributed by atoms with Crippen LogP contribution in [0.2, 0.25) is 5.02 Å². The molecule has 1 aromatic rings. The minimum atomic E-state index is -0.225. The molecular formula is C9H10ClNO2. The lowest BCUT2D eigenvalue weighted by molar-refractivity contribution is -0.140. The molecule has 0 aliphatic carbocycles. The van der Waals surface area contributed by atoms with Gasteiger partial charge in [0.25, 0.3) is 0 Å². The van der Waals surface area contributed by atoms with E-state index in [0.29, 0.717) is 17.9 Å². The van der Waals surface area contributed by atoms with Gasteiger partial charge in [0.1, 0.15) is 0 Å². The summed E-state index contributed by atoms with van der Waals surface area (Å²) in [5.74, 6) is -0.225. The summed E-state index contributed by atoms with van der Waals surface area (Å²) in [7, 11) is 1.37. The topological polar surface area (TPSA) is 39.2 Å². The molecule has 3 nitrogen and oxygen atoms in total. The maximum Gasteiger partial charge on any atom is 0.305 e. The Morgan fingerprint density at radius 1 is 1.62 bits per heavy atom. The molecule has 1 rings (SSSR count). The first-order valence-corrected chi connectivity index (χ1v) is 4.27. The van der Waals surface area contributed by atoms with Crippen LogP contribution in [0.4, 0.5) is 0 Å². The number of hydrogen-bond donors (Lipinski definition) is 0. The molecule has 0 aromatic carbocycles. The van der Waals surface area contributed by atoms with Crippen LogP contribution in [0.1, 0.15) is 12.1 Å². The summed E-state index contributed by atoms with van der Waals surface area (Å²) < 4.78 is 4.50. The van der Waals surface area contributed by atoms with Crippen molar-refractivity contribution in [2.24, 2.45) is 0 Å². The third-order valence-corrected chi connectivity index (χ3v) is 1.83. The summed E-state index contributed by atoms with van der Waals surface area (Å²) in [6, 6.07) is 3.55. The smallest absolute Gasteiger partial charge is 0.305 e. The minimum absolute atomic E-state index is 0.225. The van der Waals surface area contributed by atoms with Crippen LogP contribution in [-0.2, 0) is 16.0 Å². The fourth-order valence-electron chi connectivity index (χ4n) is 0.887. The molecule has 0 aliphatic heterocycles. The van der Waals surface area contributed by atoms with Gasteiger partial charge in [0.2, 0.25) is 0 Å². The summed E-state index contributed by atoms with van der Waals surface area (Å²) >= 11 is 5.65. The highest BCUT2D eigenvalue weighted by molar-refractivity contribution is 6.30. The van der Waals surface area contributed by atoms with Crippen molar-refractivity contribution in [1.29, 1.82) is 0 Å². The van der Waals surface area contributed by atoms with Gasteiger partial charge < -0.3 is 4.74 Å². The quantitative estimate of drug-likeness (QED) is 0.698. The summed E-state index contributed by atoms with van der Waals surface area (Å²) in [5, 5.41) is 0.599. The third-order valence-electron chi connectivity index (χ3n) is 1.60. The van der Waals surface area contributed by atoms with Gasteiger partial charge in [-0.1, -0.05) is 11.6 Å². The second kappa shape index (κ2) is 4.82. The van der Waals surface area contributed by atoms with Crippen molar-refractivity contribution < 1.29 is 9.53 Å². The largest absolute Gasteiger partial charge is 0.469 e. The number of carbonyl (C=O) groups excluding carboxylic acids is 1.